The van der Waals surface area contributed by atoms with Gasteiger partial charge in [0.15, 0.2) is 0 Å². The van der Waals surface area contributed by atoms with Crippen molar-refractivity contribution in [3.63, 3.8) is 0 Å². The number of hydrogen-bond acceptors (Lipinski definition) is 2. The van der Waals surface area contributed by atoms with Crippen LogP contribution >= 0.6 is 0 Å². The SMILES string of the molecule is CC1=CCCN(C(=O)NCCCCC(=O)O)C1. The molecule has 2 N–H and O–H groups in total. The molecular formula is C12H20N2O3. The van der Waals surface area contributed by atoms with E-state index in [1.807, 2.05) is 6.92 Å². The monoisotopic (exact) mass is 240 g/mol. The number of hydrogen-bond donors (Lipinski definition) is 2. The summed E-state index contributed by atoms with van der Waals surface area (Å²) in [5.41, 5.74) is 1.22. The zero-order chi connectivity index (χ0) is 12.7. The number of carboxylic acids is 1. The van der Waals surface area contributed by atoms with Crippen molar-refractivity contribution >= 4 is 12.0 Å². The summed E-state index contributed by atoms with van der Waals surface area (Å²) in [6.45, 7) is 4.02. The Morgan fingerprint density at radius 3 is 2.88 bits per heavy atom. The van der Waals surface area contributed by atoms with E-state index in [2.05, 4.69) is 11.4 Å². The summed E-state index contributed by atoms with van der Waals surface area (Å²) in [5.74, 6) is -0.784. The van der Waals surface area contributed by atoms with Gasteiger partial charge < -0.3 is 15.3 Å². The van der Waals surface area contributed by atoms with Crippen LogP contribution in [-0.4, -0.2) is 41.6 Å². The number of carboxylic acid groups (broad SMARTS) is 1. The summed E-state index contributed by atoms with van der Waals surface area (Å²) < 4.78 is 0. The number of carbonyl (C=O) groups is 2. The van der Waals surface area contributed by atoms with Crippen molar-refractivity contribution in [3.8, 4) is 0 Å². The normalized spacial score (nSPS) is 15.4. The third-order valence-electron chi connectivity index (χ3n) is 2.71. The third-order valence-corrected chi connectivity index (χ3v) is 2.71. The second-order valence-corrected chi connectivity index (χ2v) is 4.34. The number of amides is 2. The maximum atomic E-state index is 11.7. The van der Waals surface area contributed by atoms with Gasteiger partial charge in [0.1, 0.15) is 0 Å². The lowest BCUT2D eigenvalue weighted by atomic mass is 10.1. The van der Waals surface area contributed by atoms with Gasteiger partial charge in [0, 0.05) is 26.1 Å². The molecule has 1 heterocycles. The van der Waals surface area contributed by atoms with E-state index >= 15 is 0 Å². The molecule has 2 amide bonds. The summed E-state index contributed by atoms with van der Waals surface area (Å²) in [5, 5.41) is 11.3. The largest absolute Gasteiger partial charge is 0.481 e. The van der Waals surface area contributed by atoms with Crippen LogP contribution in [0.2, 0.25) is 0 Å². The Morgan fingerprint density at radius 2 is 2.24 bits per heavy atom. The molecular weight excluding hydrogens is 220 g/mol. The molecule has 17 heavy (non-hydrogen) atoms. The number of unbranched alkanes of at least 4 members (excludes halogenated alkanes) is 1. The molecule has 96 valence electrons. The van der Waals surface area contributed by atoms with Crippen molar-refractivity contribution in [2.45, 2.75) is 32.6 Å². The smallest absolute Gasteiger partial charge is 0.317 e. The molecule has 5 heteroatoms. The Hall–Kier alpha value is -1.52. The number of rotatable bonds is 5. The van der Waals surface area contributed by atoms with Crippen LogP contribution < -0.4 is 5.32 Å². The Labute approximate surface area is 101 Å². The molecule has 0 atom stereocenters. The minimum atomic E-state index is -0.784. The average Bonchev–Trinajstić information content (AvgIpc) is 2.28. The first kappa shape index (κ1) is 13.5. The molecule has 0 radical (unpaired) electrons. The van der Waals surface area contributed by atoms with Crippen LogP contribution in [0.5, 0.6) is 0 Å². The topological polar surface area (TPSA) is 69.6 Å². The highest BCUT2D eigenvalue weighted by Crippen LogP contribution is 2.08. The number of urea groups is 1. The van der Waals surface area contributed by atoms with Gasteiger partial charge in [0.2, 0.25) is 0 Å². The second kappa shape index (κ2) is 6.93. The van der Waals surface area contributed by atoms with Gasteiger partial charge in [0.25, 0.3) is 0 Å². The Morgan fingerprint density at radius 1 is 1.47 bits per heavy atom. The highest BCUT2D eigenvalue weighted by Gasteiger charge is 2.15. The average molecular weight is 240 g/mol. The quantitative estimate of drug-likeness (QED) is 0.566. The van der Waals surface area contributed by atoms with Gasteiger partial charge in [0.05, 0.1) is 0 Å². The lowest BCUT2D eigenvalue weighted by Crippen LogP contribution is -2.42. The summed E-state index contributed by atoms with van der Waals surface area (Å²) in [7, 11) is 0. The molecule has 5 nitrogen and oxygen atoms in total. The molecule has 0 spiro atoms. The van der Waals surface area contributed by atoms with Gasteiger partial charge in [-0.3, -0.25) is 4.79 Å². The minimum absolute atomic E-state index is 0.0484. The first-order valence-corrected chi connectivity index (χ1v) is 6.00. The zero-order valence-corrected chi connectivity index (χ0v) is 10.2. The molecule has 0 saturated heterocycles. The molecule has 0 aliphatic carbocycles. The highest BCUT2D eigenvalue weighted by atomic mass is 16.4. The van der Waals surface area contributed by atoms with E-state index in [9.17, 15) is 9.59 Å². The van der Waals surface area contributed by atoms with Crippen molar-refractivity contribution in [2.24, 2.45) is 0 Å². The van der Waals surface area contributed by atoms with Crippen LogP contribution in [0, 0.1) is 0 Å². The number of nitrogens with one attached hydrogen (secondary N) is 1. The number of carbonyl (C=O) groups excluding carboxylic acids is 1. The van der Waals surface area contributed by atoms with E-state index in [-0.39, 0.29) is 12.5 Å². The molecule has 1 aliphatic rings. The van der Waals surface area contributed by atoms with Crippen molar-refractivity contribution in [1.82, 2.24) is 10.2 Å². The van der Waals surface area contributed by atoms with Crippen LogP contribution in [0.3, 0.4) is 0 Å². The fourth-order valence-corrected chi connectivity index (χ4v) is 1.79. The van der Waals surface area contributed by atoms with E-state index in [0.717, 1.165) is 13.0 Å². The van der Waals surface area contributed by atoms with E-state index in [1.165, 1.54) is 5.57 Å². The van der Waals surface area contributed by atoms with Gasteiger partial charge in [-0.2, -0.15) is 0 Å². The predicted molar refractivity (Wildman–Crippen MR) is 64.8 cm³/mol. The van der Waals surface area contributed by atoms with Gasteiger partial charge in [-0.1, -0.05) is 11.6 Å². The summed E-state index contributed by atoms with van der Waals surface area (Å²) in [6.07, 6.45) is 4.55. The summed E-state index contributed by atoms with van der Waals surface area (Å²) >= 11 is 0. The van der Waals surface area contributed by atoms with Crippen molar-refractivity contribution in [1.29, 1.82) is 0 Å². The molecule has 1 rings (SSSR count). The first-order valence-electron chi connectivity index (χ1n) is 6.00. The van der Waals surface area contributed by atoms with Crippen LogP contribution in [0.15, 0.2) is 11.6 Å². The lowest BCUT2D eigenvalue weighted by molar-refractivity contribution is -0.137. The van der Waals surface area contributed by atoms with Gasteiger partial charge in [-0.25, -0.2) is 4.79 Å². The van der Waals surface area contributed by atoms with Crippen LogP contribution in [0.25, 0.3) is 0 Å². The van der Waals surface area contributed by atoms with E-state index < -0.39 is 5.97 Å². The predicted octanol–water partition coefficient (Wildman–Crippen LogP) is 1.60. The fraction of sp³-hybridized carbons (Fsp3) is 0.667. The third kappa shape index (κ3) is 5.38. The molecule has 0 fully saturated rings. The van der Waals surface area contributed by atoms with Crippen molar-refractivity contribution in [3.05, 3.63) is 11.6 Å². The highest BCUT2D eigenvalue weighted by molar-refractivity contribution is 5.74. The fourth-order valence-electron chi connectivity index (χ4n) is 1.79. The Balaban J connectivity index is 2.13. The molecule has 0 unspecified atom stereocenters. The summed E-state index contributed by atoms with van der Waals surface area (Å²) in [4.78, 5) is 23.8. The van der Waals surface area contributed by atoms with Gasteiger partial charge in [-0.15, -0.1) is 0 Å². The van der Waals surface area contributed by atoms with Gasteiger partial charge in [-0.05, 0) is 26.2 Å². The lowest BCUT2D eigenvalue weighted by Gasteiger charge is -2.26. The number of nitrogens with zero attached hydrogens (tertiary/aromatic N) is 1. The second-order valence-electron chi connectivity index (χ2n) is 4.34. The molecule has 0 bridgehead atoms. The molecule has 0 aromatic carbocycles. The maximum Gasteiger partial charge on any atom is 0.317 e. The minimum Gasteiger partial charge on any atom is -0.481 e. The first-order chi connectivity index (χ1) is 8.09. The van der Waals surface area contributed by atoms with E-state index in [4.69, 9.17) is 5.11 Å². The van der Waals surface area contributed by atoms with Crippen LogP contribution in [-0.2, 0) is 4.79 Å². The number of aliphatic carboxylic acids is 1. The standard InChI is InChI=1S/C12H20N2O3/c1-10-5-4-8-14(9-10)12(17)13-7-3-2-6-11(15)16/h5H,2-4,6-9H2,1H3,(H,13,17)(H,15,16). The van der Waals surface area contributed by atoms with Gasteiger partial charge >= 0.3 is 12.0 Å². The Bertz CT molecular complexity index is 313. The Kier molecular flexibility index (Phi) is 5.52. The van der Waals surface area contributed by atoms with E-state index in [0.29, 0.717) is 25.9 Å². The molecule has 0 aromatic rings. The molecule has 1 aliphatic heterocycles. The van der Waals surface area contributed by atoms with Crippen LogP contribution in [0.1, 0.15) is 32.6 Å². The van der Waals surface area contributed by atoms with E-state index in [1.54, 1.807) is 4.90 Å². The summed E-state index contributed by atoms with van der Waals surface area (Å²) in [6, 6.07) is -0.0484. The molecule has 0 aromatic heterocycles. The zero-order valence-electron chi connectivity index (χ0n) is 10.2. The van der Waals surface area contributed by atoms with Crippen molar-refractivity contribution in [2.75, 3.05) is 19.6 Å². The van der Waals surface area contributed by atoms with Crippen LogP contribution in [0.4, 0.5) is 4.79 Å². The maximum absolute atomic E-state index is 11.7. The van der Waals surface area contributed by atoms with Crippen molar-refractivity contribution < 1.29 is 14.7 Å². The molecule has 0 saturated carbocycles.